The summed E-state index contributed by atoms with van der Waals surface area (Å²) in [6.07, 6.45) is 2.10. The Labute approximate surface area is 105 Å². The van der Waals surface area contributed by atoms with Crippen molar-refractivity contribution in [2.24, 2.45) is 7.05 Å². The molecule has 1 heterocycles. The Kier molecular flexibility index (Phi) is 2.37. The van der Waals surface area contributed by atoms with Gasteiger partial charge in [-0.3, -0.25) is 0 Å². The third-order valence-electron chi connectivity index (χ3n) is 2.89. The molecule has 3 heteroatoms. The molecule has 0 atom stereocenters. The van der Waals surface area contributed by atoms with Gasteiger partial charge in [-0.05, 0) is 24.3 Å². The normalized spacial score (nSPS) is 10.9. The molecule has 0 spiro atoms. The number of para-hydroxylation sites is 2. The number of hydrogen-bond donors (Lipinski definition) is 0. The smallest absolute Gasteiger partial charge is 0.119 e. The van der Waals surface area contributed by atoms with E-state index in [0.717, 1.165) is 16.2 Å². The topological polar surface area (TPSA) is 8.81 Å². The number of fused-ring (bicyclic) bond motifs is 1. The van der Waals surface area contributed by atoms with Crippen LogP contribution in [-0.2, 0) is 7.05 Å². The van der Waals surface area contributed by atoms with Crippen molar-refractivity contribution in [2.45, 2.75) is 0 Å². The zero-order valence-electron chi connectivity index (χ0n) is 9.47. The molecule has 1 aromatic heterocycles. The van der Waals surface area contributed by atoms with Crippen molar-refractivity contribution in [1.29, 1.82) is 0 Å². The Morgan fingerprint density at radius 1 is 1.00 bits per heavy atom. The molecule has 0 N–H and O–H groups in total. The number of halogens is 1. The van der Waals surface area contributed by atoms with E-state index >= 15 is 0 Å². The Morgan fingerprint density at radius 3 is 2.53 bits per heavy atom. The van der Waals surface area contributed by atoms with Crippen LogP contribution in [0, 0.1) is 0 Å². The van der Waals surface area contributed by atoms with Crippen molar-refractivity contribution in [3.05, 3.63) is 59.8 Å². The summed E-state index contributed by atoms with van der Waals surface area (Å²) in [5.74, 6) is 0. The van der Waals surface area contributed by atoms with E-state index < -0.39 is 0 Å². The van der Waals surface area contributed by atoms with Gasteiger partial charge in [-0.1, -0.05) is 35.9 Å². The number of benzene rings is 2. The number of rotatable bonds is 1. The first kappa shape index (κ1) is 10.4. The van der Waals surface area contributed by atoms with E-state index in [0.29, 0.717) is 0 Å². The lowest BCUT2D eigenvalue weighted by molar-refractivity contribution is -0.741. The van der Waals surface area contributed by atoms with E-state index in [1.165, 1.54) is 5.39 Å². The molecule has 0 saturated carbocycles. The van der Waals surface area contributed by atoms with Crippen molar-refractivity contribution in [3.63, 3.8) is 0 Å². The summed E-state index contributed by atoms with van der Waals surface area (Å²) in [6.45, 7) is 0. The van der Waals surface area contributed by atoms with E-state index in [1.807, 2.05) is 48.1 Å². The first-order chi connectivity index (χ1) is 8.27. The third-order valence-corrected chi connectivity index (χ3v) is 3.21. The summed E-state index contributed by atoms with van der Waals surface area (Å²) >= 11 is 6.25. The molecule has 0 amide bonds. The molecule has 2 aromatic carbocycles. The van der Waals surface area contributed by atoms with Gasteiger partial charge in [0, 0.05) is 0 Å². The SMILES string of the molecule is C[n+]1cc2ccccc2n1-c1ccccc1Cl. The van der Waals surface area contributed by atoms with Gasteiger partial charge >= 0.3 is 0 Å². The largest absolute Gasteiger partial charge is 0.203 e. The zero-order chi connectivity index (χ0) is 11.8. The van der Waals surface area contributed by atoms with Gasteiger partial charge in [0.2, 0.25) is 6.20 Å². The van der Waals surface area contributed by atoms with Gasteiger partial charge in [-0.2, -0.15) is 0 Å². The molecule has 0 unspecified atom stereocenters. The third kappa shape index (κ3) is 1.61. The second kappa shape index (κ2) is 3.90. The molecule has 0 radical (unpaired) electrons. The average Bonchev–Trinajstić information content (AvgIpc) is 2.66. The lowest BCUT2D eigenvalue weighted by atomic mass is 10.2. The van der Waals surface area contributed by atoms with Crippen LogP contribution in [0.5, 0.6) is 0 Å². The van der Waals surface area contributed by atoms with Crippen LogP contribution >= 0.6 is 11.6 Å². The van der Waals surface area contributed by atoms with E-state index in [9.17, 15) is 0 Å². The first-order valence-electron chi connectivity index (χ1n) is 5.48. The quantitative estimate of drug-likeness (QED) is 0.581. The number of hydrogen-bond acceptors (Lipinski definition) is 0. The Balaban J connectivity index is 2.38. The molecular formula is C14H12ClN2+. The van der Waals surface area contributed by atoms with Crippen LogP contribution < -0.4 is 4.68 Å². The molecule has 3 rings (SSSR count). The first-order valence-corrected chi connectivity index (χ1v) is 5.86. The molecule has 17 heavy (non-hydrogen) atoms. The Morgan fingerprint density at radius 2 is 1.71 bits per heavy atom. The van der Waals surface area contributed by atoms with Crippen molar-refractivity contribution in [1.82, 2.24) is 4.68 Å². The highest BCUT2D eigenvalue weighted by Crippen LogP contribution is 2.22. The monoisotopic (exact) mass is 243 g/mol. The van der Waals surface area contributed by atoms with Crippen molar-refractivity contribution in [3.8, 4) is 5.69 Å². The molecule has 0 aliphatic heterocycles. The summed E-state index contributed by atoms with van der Waals surface area (Å²) in [5, 5.41) is 1.96. The molecule has 0 saturated heterocycles. The molecule has 0 fully saturated rings. The molecule has 3 aromatic rings. The minimum Gasteiger partial charge on any atom is -0.119 e. The van der Waals surface area contributed by atoms with Crippen LogP contribution in [-0.4, -0.2) is 4.68 Å². The van der Waals surface area contributed by atoms with Gasteiger partial charge < -0.3 is 0 Å². The minimum absolute atomic E-state index is 0.754. The van der Waals surface area contributed by atoms with Crippen LogP contribution in [0.15, 0.2) is 54.7 Å². The molecule has 0 aliphatic carbocycles. The minimum atomic E-state index is 0.754. The maximum Gasteiger partial charge on any atom is 0.203 e. The second-order valence-corrected chi connectivity index (χ2v) is 4.43. The predicted molar refractivity (Wildman–Crippen MR) is 69.5 cm³/mol. The average molecular weight is 244 g/mol. The lowest BCUT2D eigenvalue weighted by Crippen LogP contribution is -2.37. The van der Waals surface area contributed by atoms with E-state index in [2.05, 4.69) is 23.0 Å². The van der Waals surface area contributed by atoms with Crippen molar-refractivity contribution >= 4 is 22.5 Å². The van der Waals surface area contributed by atoms with Crippen LogP contribution in [0.1, 0.15) is 0 Å². The molecule has 2 nitrogen and oxygen atoms in total. The standard InChI is InChI=1S/C14H12ClN2/c1-16-10-11-6-2-4-8-13(11)17(16)14-9-5-3-7-12(14)15/h2-10H,1H3/q+1. The Bertz CT molecular complexity index is 686. The highest BCUT2D eigenvalue weighted by Gasteiger charge is 2.15. The number of aryl methyl sites for hydroxylation is 1. The summed E-state index contributed by atoms with van der Waals surface area (Å²) in [4.78, 5) is 0. The zero-order valence-corrected chi connectivity index (χ0v) is 10.2. The van der Waals surface area contributed by atoms with Crippen LogP contribution in [0.3, 0.4) is 0 Å². The molecular weight excluding hydrogens is 232 g/mol. The van der Waals surface area contributed by atoms with Gasteiger partial charge in [-0.15, -0.1) is 9.36 Å². The number of nitrogens with zero attached hydrogens (tertiary/aromatic N) is 2. The van der Waals surface area contributed by atoms with Gasteiger partial charge in [-0.25, -0.2) is 0 Å². The number of aromatic nitrogens is 2. The van der Waals surface area contributed by atoms with E-state index in [1.54, 1.807) is 0 Å². The maximum absolute atomic E-state index is 6.25. The summed E-state index contributed by atoms with van der Waals surface area (Å²) in [7, 11) is 2.02. The van der Waals surface area contributed by atoms with Gasteiger partial charge in [0.25, 0.3) is 0 Å². The molecule has 0 bridgehead atoms. The predicted octanol–water partition coefficient (Wildman–Crippen LogP) is 3.11. The summed E-state index contributed by atoms with van der Waals surface area (Å²) in [6, 6.07) is 16.1. The molecule has 0 aliphatic rings. The maximum atomic E-state index is 6.25. The van der Waals surface area contributed by atoms with Crippen LogP contribution in [0.25, 0.3) is 16.6 Å². The van der Waals surface area contributed by atoms with Gasteiger partial charge in [0.05, 0.1) is 10.4 Å². The highest BCUT2D eigenvalue weighted by molar-refractivity contribution is 6.32. The fourth-order valence-corrected chi connectivity index (χ4v) is 2.36. The second-order valence-electron chi connectivity index (χ2n) is 4.02. The van der Waals surface area contributed by atoms with Crippen molar-refractivity contribution in [2.75, 3.05) is 0 Å². The Hall–Kier alpha value is -1.80. The van der Waals surface area contributed by atoms with Crippen LogP contribution in [0.4, 0.5) is 0 Å². The van der Waals surface area contributed by atoms with Gasteiger partial charge in [0.15, 0.2) is 7.05 Å². The van der Waals surface area contributed by atoms with E-state index in [4.69, 9.17) is 11.6 Å². The van der Waals surface area contributed by atoms with E-state index in [-0.39, 0.29) is 0 Å². The van der Waals surface area contributed by atoms with Crippen LogP contribution in [0.2, 0.25) is 5.02 Å². The van der Waals surface area contributed by atoms with Gasteiger partial charge in [0.1, 0.15) is 11.2 Å². The molecule has 84 valence electrons. The van der Waals surface area contributed by atoms with Crippen molar-refractivity contribution < 1.29 is 4.68 Å². The summed E-state index contributed by atoms with van der Waals surface area (Å²) < 4.78 is 4.16. The summed E-state index contributed by atoms with van der Waals surface area (Å²) in [5.41, 5.74) is 2.15. The fourth-order valence-electron chi connectivity index (χ4n) is 2.14. The highest BCUT2D eigenvalue weighted by atomic mass is 35.5. The fraction of sp³-hybridized carbons (Fsp3) is 0.0714. The lowest BCUT2D eigenvalue weighted by Gasteiger charge is -2.03.